The summed E-state index contributed by atoms with van der Waals surface area (Å²) in [5.74, 6) is 0.620. The molecule has 1 amide bonds. The van der Waals surface area contributed by atoms with Gasteiger partial charge >= 0.3 is 0 Å². The van der Waals surface area contributed by atoms with Gasteiger partial charge in [-0.15, -0.1) is 11.3 Å². The summed E-state index contributed by atoms with van der Waals surface area (Å²) < 4.78 is 6.71. The molecule has 2 aliphatic heterocycles. The molecule has 0 bridgehead atoms. The molecule has 4 rings (SSSR count). The van der Waals surface area contributed by atoms with Crippen molar-refractivity contribution < 1.29 is 14.3 Å². The van der Waals surface area contributed by atoms with E-state index in [1.54, 1.807) is 17.0 Å². The topological polar surface area (TPSA) is 91.5 Å². The Balaban J connectivity index is 1.79. The van der Waals surface area contributed by atoms with Crippen LogP contribution in [0.3, 0.4) is 0 Å². The Labute approximate surface area is 159 Å². The summed E-state index contributed by atoms with van der Waals surface area (Å²) in [5.41, 5.74) is 1.88. The van der Waals surface area contributed by atoms with E-state index in [1.807, 2.05) is 19.1 Å². The van der Waals surface area contributed by atoms with Gasteiger partial charge in [0, 0.05) is 19.0 Å². The van der Waals surface area contributed by atoms with Crippen molar-refractivity contribution in [2.24, 2.45) is 0 Å². The van der Waals surface area contributed by atoms with Crippen molar-refractivity contribution >= 4 is 40.4 Å². The highest BCUT2D eigenvalue weighted by molar-refractivity contribution is 7.07. The molecule has 1 aromatic carbocycles. The minimum Gasteiger partial charge on any atom is -0.490 e. The maximum Gasteiger partial charge on any atom is 0.266 e. The highest BCUT2D eigenvalue weighted by atomic mass is 32.1. The van der Waals surface area contributed by atoms with Crippen LogP contribution in [-0.2, 0) is 9.59 Å². The van der Waals surface area contributed by atoms with E-state index in [1.165, 1.54) is 18.3 Å². The van der Waals surface area contributed by atoms with Crippen molar-refractivity contribution in [3.05, 3.63) is 43.3 Å². The molecule has 2 aromatic rings. The van der Waals surface area contributed by atoms with E-state index in [4.69, 9.17) is 4.74 Å². The standard InChI is InChI=1S/C19H19N3O4S/c1-10-17(24)13(9-20-10)19-21-18(25)16(27-19)8-12-3-4-15-14(7-12)22(11(2)23)5-6-26-15/h3-4,7-8,10,20H,5-6,9H2,1-2H3,(H,21,25)/b16-8-,19-13+. The number of H-pyrrole nitrogens is 1. The molecule has 1 aromatic heterocycles. The Morgan fingerprint density at radius 1 is 1.37 bits per heavy atom. The number of Topliss-reactive ketones (excluding diaryl/α,β-unsaturated/α-hetero) is 1. The Morgan fingerprint density at radius 2 is 2.19 bits per heavy atom. The van der Waals surface area contributed by atoms with Gasteiger partial charge in [-0.25, -0.2) is 0 Å². The van der Waals surface area contributed by atoms with Crippen LogP contribution in [0, 0.1) is 0 Å². The number of ketones is 1. The predicted octanol–water partition coefficient (Wildman–Crippen LogP) is -0.278. The lowest BCUT2D eigenvalue weighted by Gasteiger charge is -2.28. The van der Waals surface area contributed by atoms with Gasteiger partial charge in [-0.1, -0.05) is 6.07 Å². The number of thiazole rings is 1. The Kier molecular flexibility index (Phi) is 4.45. The molecule has 0 saturated carbocycles. The van der Waals surface area contributed by atoms with Gasteiger partial charge in [-0.3, -0.25) is 14.4 Å². The third kappa shape index (κ3) is 3.22. The Bertz CT molecular complexity index is 1110. The number of carbonyl (C=O) groups excluding carboxylic acids is 2. The van der Waals surface area contributed by atoms with Gasteiger partial charge in [-0.2, -0.15) is 0 Å². The van der Waals surface area contributed by atoms with Crippen LogP contribution in [-0.4, -0.2) is 42.4 Å². The third-order valence-electron chi connectivity index (χ3n) is 4.74. The second kappa shape index (κ2) is 6.79. The van der Waals surface area contributed by atoms with Crippen LogP contribution >= 0.6 is 11.3 Å². The van der Waals surface area contributed by atoms with Crippen LogP contribution in [0.1, 0.15) is 19.4 Å². The SMILES string of the molecule is CC(=O)N1CCOc2ccc(/C=c3\s/c(=C4\CNC(C)C4=O)[nH]c3=O)cc21. The first-order valence-electron chi connectivity index (χ1n) is 8.70. The second-order valence-electron chi connectivity index (χ2n) is 6.59. The number of benzene rings is 1. The largest absolute Gasteiger partial charge is 0.490 e. The minimum absolute atomic E-state index is 0.0158. The van der Waals surface area contributed by atoms with Gasteiger partial charge in [0.15, 0.2) is 5.78 Å². The van der Waals surface area contributed by atoms with Gasteiger partial charge in [0.25, 0.3) is 5.56 Å². The first kappa shape index (κ1) is 17.7. The normalized spacial score (nSPS) is 22.0. The summed E-state index contributed by atoms with van der Waals surface area (Å²) in [6, 6.07) is 5.27. The summed E-state index contributed by atoms with van der Waals surface area (Å²) in [4.78, 5) is 40.8. The zero-order valence-corrected chi connectivity index (χ0v) is 15.8. The van der Waals surface area contributed by atoms with Crippen LogP contribution in [0.2, 0.25) is 0 Å². The number of anilines is 1. The lowest BCUT2D eigenvalue weighted by molar-refractivity contribution is -0.117. The molecular formula is C19H19N3O4S. The molecule has 2 aliphatic rings. The van der Waals surface area contributed by atoms with Crippen LogP contribution < -0.4 is 29.7 Å². The average molecular weight is 385 g/mol. The zero-order valence-electron chi connectivity index (χ0n) is 15.0. The van der Waals surface area contributed by atoms with E-state index in [9.17, 15) is 14.4 Å². The van der Waals surface area contributed by atoms with Gasteiger partial charge in [0.05, 0.1) is 22.8 Å². The molecule has 7 nitrogen and oxygen atoms in total. The zero-order chi connectivity index (χ0) is 19.1. The molecule has 1 atom stereocenters. The maximum absolute atomic E-state index is 12.3. The molecule has 3 heterocycles. The van der Waals surface area contributed by atoms with Gasteiger partial charge < -0.3 is 19.9 Å². The number of amides is 1. The predicted molar refractivity (Wildman–Crippen MR) is 104 cm³/mol. The van der Waals surface area contributed by atoms with Gasteiger partial charge in [-0.05, 0) is 30.7 Å². The number of ether oxygens (including phenoxy) is 1. The van der Waals surface area contributed by atoms with Crippen molar-refractivity contribution in [2.75, 3.05) is 24.6 Å². The number of nitrogens with zero attached hydrogens (tertiary/aromatic N) is 1. The van der Waals surface area contributed by atoms with Crippen molar-refractivity contribution in [3.63, 3.8) is 0 Å². The van der Waals surface area contributed by atoms with E-state index < -0.39 is 0 Å². The van der Waals surface area contributed by atoms with Crippen LogP contribution in [0.4, 0.5) is 5.69 Å². The van der Waals surface area contributed by atoms with E-state index in [2.05, 4.69) is 10.3 Å². The first-order valence-corrected chi connectivity index (χ1v) is 9.52. The van der Waals surface area contributed by atoms with Crippen LogP contribution in [0.5, 0.6) is 5.75 Å². The molecule has 1 fully saturated rings. The second-order valence-corrected chi connectivity index (χ2v) is 7.64. The number of fused-ring (bicyclic) bond motifs is 1. The molecule has 8 heteroatoms. The molecule has 2 N–H and O–H groups in total. The summed E-state index contributed by atoms with van der Waals surface area (Å²) in [6.45, 7) is 4.75. The molecule has 1 saturated heterocycles. The van der Waals surface area contributed by atoms with Gasteiger partial charge in [0.2, 0.25) is 5.91 Å². The minimum atomic E-state index is -0.229. The van der Waals surface area contributed by atoms with Crippen LogP contribution in [0.15, 0.2) is 23.0 Å². The van der Waals surface area contributed by atoms with Crippen molar-refractivity contribution in [1.82, 2.24) is 10.3 Å². The molecule has 27 heavy (non-hydrogen) atoms. The number of hydrogen-bond donors (Lipinski definition) is 2. The Hall–Kier alpha value is -2.71. The fourth-order valence-electron chi connectivity index (χ4n) is 3.27. The van der Waals surface area contributed by atoms with E-state index in [0.717, 1.165) is 5.56 Å². The summed E-state index contributed by atoms with van der Waals surface area (Å²) in [6.07, 6.45) is 1.76. The smallest absolute Gasteiger partial charge is 0.266 e. The lowest BCUT2D eigenvalue weighted by Crippen LogP contribution is -2.36. The van der Waals surface area contributed by atoms with E-state index in [0.29, 0.717) is 45.9 Å². The number of aromatic nitrogens is 1. The van der Waals surface area contributed by atoms with E-state index >= 15 is 0 Å². The number of aromatic amines is 1. The van der Waals surface area contributed by atoms with Crippen molar-refractivity contribution in [2.45, 2.75) is 19.9 Å². The number of rotatable bonds is 1. The fourth-order valence-corrected chi connectivity index (χ4v) is 4.27. The molecule has 0 radical (unpaired) electrons. The quantitative estimate of drug-likeness (QED) is 0.705. The number of nitrogens with one attached hydrogen (secondary N) is 2. The summed E-state index contributed by atoms with van der Waals surface area (Å²) >= 11 is 1.27. The third-order valence-corrected chi connectivity index (χ3v) is 5.81. The molecule has 1 unspecified atom stereocenters. The number of carbonyl (C=O) groups is 2. The molecule has 0 aliphatic carbocycles. The van der Waals surface area contributed by atoms with Crippen molar-refractivity contribution in [3.8, 4) is 5.75 Å². The maximum atomic E-state index is 12.3. The number of hydrogen-bond acceptors (Lipinski definition) is 6. The highest BCUT2D eigenvalue weighted by Crippen LogP contribution is 2.32. The molecule has 140 valence electrons. The monoisotopic (exact) mass is 385 g/mol. The van der Waals surface area contributed by atoms with E-state index in [-0.39, 0.29) is 23.3 Å². The summed E-state index contributed by atoms with van der Waals surface area (Å²) in [5, 5.41) is 3.08. The highest BCUT2D eigenvalue weighted by Gasteiger charge is 2.26. The molecular weight excluding hydrogens is 366 g/mol. The Morgan fingerprint density at radius 3 is 2.89 bits per heavy atom. The first-order chi connectivity index (χ1) is 12.9. The van der Waals surface area contributed by atoms with Gasteiger partial charge in [0.1, 0.15) is 17.0 Å². The molecule has 0 spiro atoms. The lowest BCUT2D eigenvalue weighted by atomic mass is 10.1. The fraction of sp³-hybridized carbons (Fsp3) is 0.316. The van der Waals surface area contributed by atoms with Crippen LogP contribution in [0.25, 0.3) is 11.6 Å². The average Bonchev–Trinajstić information content (AvgIpc) is 3.17. The summed E-state index contributed by atoms with van der Waals surface area (Å²) in [7, 11) is 0. The van der Waals surface area contributed by atoms with Crippen molar-refractivity contribution in [1.29, 1.82) is 0 Å².